The normalized spacial score (nSPS) is 20.6. The van der Waals surface area contributed by atoms with Crippen LogP contribution in [0.1, 0.15) is 43.9 Å². The van der Waals surface area contributed by atoms with Gasteiger partial charge in [0.25, 0.3) is 0 Å². The molecule has 0 bridgehead atoms. The first-order valence-corrected chi connectivity index (χ1v) is 7.58. The van der Waals surface area contributed by atoms with E-state index in [0.717, 1.165) is 24.2 Å². The second-order valence-electron chi connectivity index (χ2n) is 6.50. The molecular weight excluding hydrogens is 268 g/mol. The van der Waals surface area contributed by atoms with Gasteiger partial charge >= 0.3 is 0 Å². The highest BCUT2D eigenvalue weighted by atomic mass is 32.1. The molecule has 1 unspecified atom stereocenters. The van der Waals surface area contributed by atoms with Crippen LogP contribution in [-0.2, 0) is 0 Å². The van der Waals surface area contributed by atoms with Crippen molar-refractivity contribution in [2.75, 3.05) is 19.6 Å². The molecule has 0 amide bonds. The largest absolute Gasteiger partial charge is 0.389 e. The van der Waals surface area contributed by atoms with Crippen LogP contribution in [0.2, 0.25) is 0 Å². The van der Waals surface area contributed by atoms with Gasteiger partial charge in [0.15, 0.2) is 0 Å². The van der Waals surface area contributed by atoms with Crippen molar-refractivity contribution in [3.8, 4) is 0 Å². The number of piperidine rings is 1. The van der Waals surface area contributed by atoms with E-state index < -0.39 is 6.10 Å². The van der Waals surface area contributed by atoms with Crippen LogP contribution in [0.25, 0.3) is 0 Å². The molecule has 1 aromatic rings. The Morgan fingerprint density at radius 3 is 2.60 bits per heavy atom. The van der Waals surface area contributed by atoms with Crippen LogP contribution in [0.15, 0.2) is 24.3 Å². The summed E-state index contributed by atoms with van der Waals surface area (Å²) in [7, 11) is 0. The summed E-state index contributed by atoms with van der Waals surface area (Å²) in [5.41, 5.74) is 7.70. The predicted molar refractivity (Wildman–Crippen MR) is 86.7 cm³/mol. The minimum absolute atomic E-state index is 0.355. The van der Waals surface area contributed by atoms with Crippen LogP contribution in [0.3, 0.4) is 0 Å². The van der Waals surface area contributed by atoms with Crippen molar-refractivity contribution in [2.24, 2.45) is 11.1 Å². The van der Waals surface area contributed by atoms with Gasteiger partial charge in [-0.05, 0) is 30.4 Å². The summed E-state index contributed by atoms with van der Waals surface area (Å²) in [4.78, 5) is 2.75. The quantitative estimate of drug-likeness (QED) is 0.837. The molecule has 110 valence electrons. The third-order valence-electron chi connectivity index (χ3n) is 3.99. The van der Waals surface area contributed by atoms with Crippen molar-refractivity contribution in [3.63, 3.8) is 0 Å². The van der Waals surface area contributed by atoms with E-state index in [1.807, 2.05) is 24.3 Å². The van der Waals surface area contributed by atoms with Gasteiger partial charge in [-0.2, -0.15) is 0 Å². The van der Waals surface area contributed by atoms with E-state index in [-0.39, 0.29) is 0 Å². The Bertz CT molecular complexity index is 470. The fraction of sp³-hybridized carbons (Fsp3) is 0.562. The zero-order valence-electron chi connectivity index (χ0n) is 12.3. The fourth-order valence-corrected chi connectivity index (χ4v) is 3.06. The van der Waals surface area contributed by atoms with E-state index in [0.29, 0.717) is 16.9 Å². The molecule has 3 N–H and O–H groups in total. The summed E-state index contributed by atoms with van der Waals surface area (Å²) < 4.78 is 0. The molecule has 1 aliphatic heterocycles. The third-order valence-corrected chi connectivity index (χ3v) is 4.23. The molecule has 0 aliphatic carbocycles. The summed E-state index contributed by atoms with van der Waals surface area (Å²) in [6, 6.07) is 7.57. The lowest BCUT2D eigenvalue weighted by Crippen LogP contribution is -2.41. The highest BCUT2D eigenvalue weighted by Crippen LogP contribution is 2.29. The number of β-amino-alcohol motifs (C(OH)–C–C–N with tert-alkyl or cyclic N) is 1. The Kier molecular flexibility index (Phi) is 4.78. The lowest BCUT2D eigenvalue weighted by Gasteiger charge is -2.38. The summed E-state index contributed by atoms with van der Waals surface area (Å²) in [5, 5.41) is 10.4. The molecule has 1 heterocycles. The average Bonchev–Trinajstić information content (AvgIpc) is 2.37. The molecule has 0 spiro atoms. The SMILES string of the molecule is CC1(C)CCCN(CC(O)c2ccc(C(N)=S)cc2)C1. The first-order chi connectivity index (χ1) is 9.37. The van der Waals surface area contributed by atoms with Crippen LogP contribution < -0.4 is 5.73 Å². The molecule has 20 heavy (non-hydrogen) atoms. The topological polar surface area (TPSA) is 49.5 Å². The maximum absolute atomic E-state index is 10.4. The molecule has 3 nitrogen and oxygen atoms in total. The molecule has 4 heteroatoms. The first-order valence-electron chi connectivity index (χ1n) is 7.18. The Labute approximate surface area is 126 Å². The Hall–Kier alpha value is -0.970. The summed E-state index contributed by atoms with van der Waals surface area (Å²) in [5.74, 6) is 0. The van der Waals surface area contributed by atoms with Crippen molar-refractivity contribution in [1.82, 2.24) is 4.90 Å². The number of hydrogen-bond donors (Lipinski definition) is 2. The Morgan fingerprint density at radius 2 is 2.05 bits per heavy atom. The third kappa shape index (κ3) is 4.01. The summed E-state index contributed by atoms with van der Waals surface area (Å²) in [6.45, 7) is 7.40. The van der Waals surface area contributed by atoms with Gasteiger partial charge in [-0.25, -0.2) is 0 Å². The van der Waals surface area contributed by atoms with Gasteiger partial charge < -0.3 is 10.8 Å². The summed E-state index contributed by atoms with van der Waals surface area (Å²) >= 11 is 4.93. The van der Waals surface area contributed by atoms with Gasteiger partial charge in [-0.15, -0.1) is 0 Å². The van der Waals surface area contributed by atoms with Crippen molar-refractivity contribution >= 4 is 17.2 Å². The number of hydrogen-bond acceptors (Lipinski definition) is 3. The van der Waals surface area contributed by atoms with Gasteiger partial charge in [0.1, 0.15) is 4.99 Å². The van der Waals surface area contributed by atoms with E-state index >= 15 is 0 Å². The molecule has 1 aromatic carbocycles. The second kappa shape index (κ2) is 6.20. The van der Waals surface area contributed by atoms with Gasteiger partial charge in [0.05, 0.1) is 6.10 Å². The van der Waals surface area contributed by atoms with Gasteiger partial charge in [0.2, 0.25) is 0 Å². The van der Waals surface area contributed by atoms with Crippen molar-refractivity contribution in [2.45, 2.75) is 32.8 Å². The molecule has 1 saturated heterocycles. The van der Waals surface area contributed by atoms with E-state index in [2.05, 4.69) is 18.7 Å². The maximum atomic E-state index is 10.4. The Morgan fingerprint density at radius 1 is 1.40 bits per heavy atom. The number of thiocarbonyl (C=S) groups is 1. The number of rotatable bonds is 4. The van der Waals surface area contributed by atoms with Gasteiger partial charge in [-0.1, -0.05) is 50.3 Å². The maximum Gasteiger partial charge on any atom is 0.103 e. The van der Waals surface area contributed by atoms with Crippen molar-refractivity contribution in [3.05, 3.63) is 35.4 Å². The number of nitrogens with zero attached hydrogens (tertiary/aromatic N) is 1. The first kappa shape index (κ1) is 15.4. The molecule has 1 fully saturated rings. The minimum Gasteiger partial charge on any atom is -0.389 e. The molecular formula is C16H24N2OS. The lowest BCUT2D eigenvalue weighted by molar-refractivity contribution is 0.0598. The van der Waals surface area contributed by atoms with Crippen LogP contribution in [0, 0.1) is 5.41 Å². The fourth-order valence-electron chi connectivity index (χ4n) is 2.92. The van der Waals surface area contributed by atoms with Crippen LogP contribution >= 0.6 is 12.2 Å². The summed E-state index contributed by atoms with van der Waals surface area (Å²) in [6.07, 6.45) is 2.02. The predicted octanol–water partition coefficient (Wildman–Crippen LogP) is 2.48. The monoisotopic (exact) mass is 292 g/mol. The molecule has 1 aliphatic rings. The van der Waals surface area contributed by atoms with Gasteiger partial charge in [-0.3, -0.25) is 4.90 Å². The smallest absolute Gasteiger partial charge is 0.103 e. The van der Waals surface area contributed by atoms with Gasteiger partial charge in [0, 0.05) is 18.7 Å². The van der Waals surface area contributed by atoms with E-state index in [4.69, 9.17) is 18.0 Å². The number of benzene rings is 1. The highest BCUT2D eigenvalue weighted by Gasteiger charge is 2.27. The number of aliphatic hydroxyl groups excluding tert-OH is 1. The number of nitrogens with two attached hydrogens (primary N) is 1. The highest BCUT2D eigenvalue weighted by molar-refractivity contribution is 7.80. The van der Waals surface area contributed by atoms with Crippen molar-refractivity contribution < 1.29 is 5.11 Å². The van der Waals surface area contributed by atoms with E-state index in [1.54, 1.807) is 0 Å². The molecule has 0 radical (unpaired) electrons. The zero-order valence-corrected chi connectivity index (χ0v) is 13.1. The standard InChI is InChI=1S/C16H24N2OS/c1-16(2)8-3-9-18(11-16)10-14(19)12-4-6-13(7-5-12)15(17)20/h4-7,14,19H,3,8-11H2,1-2H3,(H2,17,20). The molecule has 0 aromatic heterocycles. The molecule has 0 saturated carbocycles. The van der Waals surface area contributed by atoms with Crippen LogP contribution in [-0.4, -0.2) is 34.6 Å². The van der Waals surface area contributed by atoms with Crippen LogP contribution in [0.4, 0.5) is 0 Å². The second-order valence-corrected chi connectivity index (χ2v) is 6.94. The molecule has 2 rings (SSSR count). The average molecular weight is 292 g/mol. The molecule has 1 atom stereocenters. The van der Waals surface area contributed by atoms with E-state index in [1.165, 1.54) is 12.8 Å². The minimum atomic E-state index is -0.454. The Balaban J connectivity index is 1.97. The van der Waals surface area contributed by atoms with Crippen molar-refractivity contribution in [1.29, 1.82) is 0 Å². The van der Waals surface area contributed by atoms with E-state index in [9.17, 15) is 5.11 Å². The zero-order chi connectivity index (χ0) is 14.8. The lowest BCUT2D eigenvalue weighted by atomic mass is 9.84. The number of likely N-dealkylation sites (tertiary alicyclic amines) is 1. The van der Waals surface area contributed by atoms with Crippen LogP contribution in [0.5, 0.6) is 0 Å². The number of aliphatic hydroxyl groups is 1.